The van der Waals surface area contributed by atoms with Crippen molar-refractivity contribution in [3.05, 3.63) is 66.0 Å². The van der Waals surface area contributed by atoms with Gasteiger partial charge in [-0.1, -0.05) is 6.07 Å². The van der Waals surface area contributed by atoms with E-state index in [1.54, 1.807) is 18.2 Å². The highest BCUT2D eigenvalue weighted by Gasteiger charge is 2.31. The van der Waals surface area contributed by atoms with Gasteiger partial charge in [0.15, 0.2) is 0 Å². The number of benzene rings is 1. The van der Waals surface area contributed by atoms with Gasteiger partial charge in [-0.2, -0.15) is 0 Å². The summed E-state index contributed by atoms with van der Waals surface area (Å²) in [6.07, 6.45) is 0.503. The number of carbonyl (C=O) groups is 1. The predicted molar refractivity (Wildman–Crippen MR) is 101 cm³/mol. The maximum absolute atomic E-state index is 14.6. The molecule has 2 aromatic rings. The Labute approximate surface area is 160 Å². The summed E-state index contributed by atoms with van der Waals surface area (Å²) in [4.78, 5) is 17.2. The van der Waals surface area contributed by atoms with Gasteiger partial charge in [-0.3, -0.25) is 14.9 Å². The molecule has 9 nitrogen and oxygen atoms in total. The smallest absolute Gasteiger partial charge is 0.414 e. The minimum Gasteiger partial charge on any atom is -0.443 e. The summed E-state index contributed by atoms with van der Waals surface area (Å²) in [6.45, 7) is 0.422. The molecule has 1 fully saturated rings. The van der Waals surface area contributed by atoms with E-state index in [-0.39, 0.29) is 24.5 Å². The van der Waals surface area contributed by atoms with Crippen LogP contribution in [0.4, 0.5) is 20.6 Å². The molecule has 28 heavy (non-hydrogen) atoms. The van der Waals surface area contributed by atoms with Crippen LogP contribution >= 0.6 is 0 Å². The molecule has 1 aromatic carbocycles. The summed E-state index contributed by atoms with van der Waals surface area (Å²) >= 11 is 0. The second-order valence-electron chi connectivity index (χ2n) is 6.18. The minimum absolute atomic E-state index is 0.00265. The van der Waals surface area contributed by atoms with E-state index in [0.717, 1.165) is 11.1 Å². The number of amides is 1. The van der Waals surface area contributed by atoms with E-state index in [0.29, 0.717) is 11.4 Å². The SMILES string of the molecule is NCC1CN(c2ccc(N(N)/C=C(\N)C(O)c3ccccn3)c(F)c2)C(=O)O1. The lowest BCUT2D eigenvalue weighted by Crippen LogP contribution is -2.29. The van der Waals surface area contributed by atoms with Crippen LogP contribution in [0.2, 0.25) is 0 Å². The molecule has 2 unspecified atom stereocenters. The number of nitrogens with two attached hydrogens (primary N) is 3. The normalized spacial score (nSPS) is 18.1. The van der Waals surface area contributed by atoms with E-state index in [1.807, 2.05) is 0 Å². The lowest BCUT2D eigenvalue weighted by molar-refractivity contribution is 0.145. The molecule has 10 heteroatoms. The Hall–Kier alpha value is -3.21. The van der Waals surface area contributed by atoms with Crippen LogP contribution in [0.15, 0.2) is 54.5 Å². The number of hydrazine groups is 1. The standard InChI is InChI=1S/C18H21FN6O3/c19-13-7-11(24-9-12(8-20)28-18(24)27)4-5-16(13)25(22)10-14(21)17(26)15-3-1-2-6-23-15/h1-7,10,12,17,26H,8-9,20-22H2/b14-10-. The van der Waals surface area contributed by atoms with E-state index in [2.05, 4.69) is 4.98 Å². The fourth-order valence-electron chi connectivity index (χ4n) is 2.74. The summed E-state index contributed by atoms with van der Waals surface area (Å²) < 4.78 is 19.6. The van der Waals surface area contributed by atoms with Gasteiger partial charge in [0, 0.05) is 18.9 Å². The molecule has 2 atom stereocenters. The average Bonchev–Trinajstić information content (AvgIpc) is 3.08. The largest absolute Gasteiger partial charge is 0.443 e. The van der Waals surface area contributed by atoms with Crippen molar-refractivity contribution >= 4 is 17.5 Å². The van der Waals surface area contributed by atoms with Gasteiger partial charge < -0.3 is 21.3 Å². The number of pyridine rings is 1. The van der Waals surface area contributed by atoms with E-state index in [4.69, 9.17) is 22.0 Å². The highest BCUT2D eigenvalue weighted by molar-refractivity contribution is 5.90. The molecule has 0 saturated carbocycles. The lowest BCUT2D eigenvalue weighted by Gasteiger charge is -2.20. The third-order valence-corrected chi connectivity index (χ3v) is 4.23. The highest BCUT2D eigenvalue weighted by atomic mass is 19.1. The van der Waals surface area contributed by atoms with E-state index < -0.39 is 24.1 Å². The number of rotatable bonds is 6. The molecule has 0 bridgehead atoms. The third kappa shape index (κ3) is 4.03. The molecule has 2 heterocycles. The lowest BCUT2D eigenvalue weighted by atomic mass is 10.2. The van der Waals surface area contributed by atoms with E-state index in [9.17, 15) is 14.3 Å². The van der Waals surface area contributed by atoms with Crippen LogP contribution in [0.5, 0.6) is 0 Å². The topological polar surface area (TPSA) is 144 Å². The van der Waals surface area contributed by atoms with Crippen molar-refractivity contribution in [2.24, 2.45) is 17.3 Å². The molecule has 1 aliphatic rings. The molecule has 1 amide bonds. The van der Waals surface area contributed by atoms with Crippen LogP contribution in [-0.4, -0.2) is 35.4 Å². The monoisotopic (exact) mass is 388 g/mol. The first-order valence-corrected chi connectivity index (χ1v) is 8.48. The predicted octanol–water partition coefficient (Wildman–Crippen LogP) is 0.718. The Bertz CT molecular complexity index is 879. The van der Waals surface area contributed by atoms with Crippen LogP contribution in [-0.2, 0) is 4.74 Å². The zero-order valence-corrected chi connectivity index (χ0v) is 14.9. The van der Waals surface area contributed by atoms with Crippen molar-refractivity contribution < 1.29 is 19.0 Å². The summed E-state index contributed by atoms with van der Waals surface area (Å²) in [6, 6.07) is 9.09. The molecular weight excluding hydrogens is 367 g/mol. The maximum atomic E-state index is 14.6. The Balaban J connectivity index is 1.77. The molecule has 3 rings (SSSR count). The van der Waals surface area contributed by atoms with Crippen LogP contribution in [0.3, 0.4) is 0 Å². The Kier molecular flexibility index (Phi) is 5.73. The second kappa shape index (κ2) is 8.21. The molecule has 0 spiro atoms. The molecule has 0 aliphatic carbocycles. The second-order valence-corrected chi connectivity index (χ2v) is 6.18. The zero-order chi connectivity index (χ0) is 20.3. The first-order valence-electron chi connectivity index (χ1n) is 8.48. The number of carbonyl (C=O) groups excluding carboxylic acids is 1. The summed E-state index contributed by atoms with van der Waals surface area (Å²) in [5.74, 6) is 5.19. The number of cyclic esters (lactones) is 1. The van der Waals surface area contributed by atoms with Gasteiger partial charge in [0.25, 0.3) is 0 Å². The van der Waals surface area contributed by atoms with Gasteiger partial charge in [0.2, 0.25) is 0 Å². The Morgan fingerprint density at radius 1 is 1.46 bits per heavy atom. The third-order valence-electron chi connectivity index (χ3n) is 4.23. The minimum atomic E-state index is -1.19. The first-order chi connectivity index (χ1) is 13.4. The molecule has 0 radical (unpaired) electrons. The number of nitrogens with zero attached hydrogens (tertiary/aromatic N) is 3. The van der Waals surface area contributed by atoms with E-state index >= 15 is 0 Å². The number of aliphatic hydroxyl groups is 1. The Morgan fingerprint density at radius 2 is 2.25 bits per heavy atom. The van der Waals surface area contributed by atoms with Gasteiger partial charge >= 0.3 is 6.09 Å². The molecule has 1 saturated heterocycles. The highest BCUT2D eigenvalue weighted by Crippen LogP contribution is 2.27. The quantitative estimate of drug-likeness (QED) is 0.418. The number of halogens is 1. The Morgan fingerprint density at radius 3 is 2.86 bits per heavy atom. The van der Waals surface area contributed by atoms with Crippen molar-refractivity contribution in [2.45, 2.75) is 12.2 Å². The van der Waals surface area contributed by atoms with Gasteiger partial charge in [0.1, 0.15) is 18.0 Å². The average molecular weight is 388 g/mol. The number of ether oxygens (including phenoxy) is 1. The fourth-order valence-corrected chi connectivity index (χ4v) is 2.74. The van der Waals surface area contributed by atoms with Crippen LogP contribution in [0.1, 0.15) is 11.8 Å². The van der Waals surface area contributed by atoms with Crippen LogP contribution < -0.4 is 27.2 Å². The summed E-state index contributed by atoms with van der Waals surface area (Å²) in [5.41, 5.74) is 12.0. The molecule has 1 aliphatic heterocycles. The summed E-state index contributed by atoms with van der Waals surface area (Å²) in [5, 5.41) is 11.2. The van der Waals surface area contributed by atoms with Crippen molar-refractivity contribution in [3.8, 4) is 0 Å². The van der Waals surface area contributed by atoms with Crippen molar-refractivity contribution in [1.29, 1.82) is 0 Å². The number of hydrogen-bond acceptors (Lipinski definition) is 8. The van der Waals surface area contributed by atoms with Crippen molar-refractivity contribution in [3.63, 3.8) is 0 Å². The molecule has 7 N–H and O–H groups in total. The van der Waals surface area contributed by atoms with Gasteiger partial charge in [-0.25, -0.2) is 15.0 Å². The van der Waals surface area contributed by atoms with Crippen molar-refractivity contribution in [1.82, 2.24) is 4.98 Å². The first kappa shape index (κ1) is 19.5. The summed E-state index contributed by atoms with van der Waals surface area (Å²) in [7, 11) is 0. The van der Waals surface area contributed by atoms with Crippen molar-refractivity contribution in [2.75, 3.05) is 23.0 Å². The van der Waals surface area contributed by atoms with E-state index in [1.165, 1.54) is 29.4 Å². The van der Waals surface area contributed by atoms with Gasteiger partial charge in [-0.05, 0) is 30.3 Å². The van der Waals surface area contributed by atoms with Crippen LogP contribution in [0, 0.1) is 5.82 Å². The molecule has 148 valence electrons. The van der Waals surface area contributed by atoms with Crippen LogP contribution in [0.25, 0.3) is 0 Å². The maximum Gasteiger partial charge on any atom is 0.414 e. The number of aromatic nitrogens is 1. The number of anilines is 2. The van der Waals surface area contributed by atoms with Gasteiger partial charge in [0.05, 0.1) is 29.3 Å². The zero-order valence-electron chi connectivity index (χ0n) is 14.9. The number of hydrogen-bond donors (Lipinski definition) is 4. The van der Waals surface area contributed by atoms with Gasteiger partial charge in [-0.15, -0.1) is 0 Å². The molecule has 1 aromatic heterocycles. The molecular formula is C18H21FN6O3. The fraction of sp³-hybridized carbons (Fsp3) is 0.222. The number of aliphatic hydroxyl groups excluding tert-OH is 1.